The summed E-state index contributed by atoms with van der Waals surface area (Å²) >= 11 is 3.73. The van der Waals surface area contributed by atoms with Crippen molar-refractivity contribution in [3.05, 3.63) is 190 Å². The van der Waals surface area contributed by atoms with Gasteiger partial charge in [0.05, 0.1) is 0 Å². The fourth-order valence-electron chi connectivity index (χ4n) is 7.85. The van der Waals surface area contributed by atoms with Crippen LogP contribution in [0.2, 0.25) is 0 Å². The molecule has 5 aromatic carbocycles. The third kappa shape index (κ3) is 8.09. The summed E-state index contributed by atoms with van der Waals surface area (Å²) in [4.78, 5) is 8.22. The number of anilines is 2. The number of allylic oxidation sites excluding steroid dienone is 8. The quantitative estimate of drug-likeness (QED) is 0.143. The second kappa shape index (κ2) is 16.4. The van der Waals surface area contributed by atoms with Crippen LogP contribution in [-0.2, 0) is 0 Å². The van der Waals surface area contributed by atoms with Gasteiger partial charge in [-0.2, -0.15) is 0 Å². The second-order valence-electron chi connectivity index (χ2n) is 15.3. The van der Waals surface area contributed by atoms with E-state index >= 15 is 0 Å². The van der Waals surface area contributed by atoms with Crippen molar-refractivity contribution in [2.45, 2.75) is 38.0 Å². The SMILES string of the molecule is Cc1cc(C)cc(C2=C(/C=C/c3cc(-c4ccccc4)[s+]c4cc(N(C)C)ccc34)CCC/C2=C\C=C2/C=C(c3ccccc3)Sc3cc(N(C)C)ccc32)c1. The van der Waals surface area contributed by atoms with E-state index in [9.17, 15) is 0 Å². The van der Waals surface area contributed by atoms with Crippen molar-refractivity contribution in [3.63, 3.8) is 0 Å². The number of benzene rings is 5. The summed E-state index contributed by atoms with van der Waals surface area (Å²) in [5, 5.41) is 1.29. The second-order valence-corrected chi connectivity index (χ2v) is 17.5. The molecule has 0 fully saturated rings. The number of thioether (sulfide) groups is 1. The largest absolute Gasteiger partial charge is 0.378 e. The van der Waals surface area contributed by atoms with Crippen molar-refractivity contribution in [2.24, 2.45) is 0 Å². The van der Waals surface area contributed by atoms with E-state index in [0.717, 1.165) is 19.3 Å². The summed E-state index contributed by atoms with van der Waals surface area (Å²) in [7, 11) is 8.46. The molecule has 8 rings (SSSR count). The van der Waals surface area contributed by atoms with Gasteiger partial charge in [-0.05, 0) is 120 Å². The van der Waals surface area contributed by atoms with Gasteiger partial charge in [0, 0.05) is 72.4 Å². The van der Waals surface area contributed by atoms with Gasteiger partial charge < -0.3 is 9.80 Å². The van der Waals surface area contributed by atoms with E-state index in [-0.39, 0.29) is 0 Å². The molecule has 2 aliphatic rings. The number of fused-ring (bicyclic) bond motifs is 2. The van der Waals surface area contributed by atoms with Crippen LogP contribution in [-0.4, -0.2) is 28.2 Å². The Labute approximate surface area is 341 Å². The number of aryl methyl sites for hydroxylation is 2. The molecule has 2 heterocycles. The van der Waals surface area contributed by atoms with E-state index in [1.807, 2.05) is 23.1 Å². The molecule has 6 aromatic rings. The van der Waals surface area contributed by atoms with Crippen LogP contribution in [0.4, 0.5) is 11.4 Å². The first-order valence-corrected chi connectivity index (χ1v) is 21.1. The first kappa shape index (κ1) is 37.5. The Morgan fingerprint density at radius 3 is 2.02 bits per heavy atom. The molecule has 278 valence electrons. The highest BCUT2D eigenvalue weighted by Gasteiger charge is 2.22. The lowest BCUT2D eigenvalue weighted by atomic mass is 9.81. The van der Waals surface area contributed by atoms with Crippen LogP contribution in [0.15, 0.2) is 162 Å². The average molecular weight is 766 g/mol. The van der Waals surface area contributed by atoms with Gasteiger partial charge in [0.1, 0.15) is 0 Å². The van der Waals surface area contributed by atoms with Gasteiger partial charge in [-0.1, -0.05) is 120 Å². The Bertz CT molecular complexity index is 2570. The molecule has 0 spiro atoms. The van der Waals surface area contributed by atoms with Crippen LogP contribution >= 0.6 is 23.1 Å². The molecule has 4 heteroatoms. The van der Waals surface area contributed by atoms with Gasteiger partial charge >= 0.3 is 0 Å². The van der Waals surface area contributed by atoms with Crippen LogP contribution in [0.1, 0.15) is 52.6 Å². The zero-order valence-electron chi connectivity index (χ0n) is 33.3. The summed E-state index contributed by atoms with van der Waals surface area (Å²) < 4.78 is 1.29. The van der Waals surface area contributed by atoms with E-state index in [0.29, 0.717) is 0 Å². The van der Waals surface area contributed by atoms with Crippen LogP contribution in [0.3, 0.4) is 0 Å². The van der Waals surface area contributed by atoms with E-state index in [2.05, 4.69) is 204 Å². The first-order chi connectivity index (χ1) is 27.2. The highest BCUT2D eigenvalue weighted by Crippen LogP contribution is 2.46. The molecule has 0 saturated carbocycles. The van der Waals surface area contributed by atoms with Crippen LogP contribution in [0.25, 0.3) is 42.7 Å². The summed E-state index contributed by atoms with van der Waals surface area (Å²) in [5.74, 6) is 0. The van der Waals surface area contributed by atoms with Gasteiger partial charge in [0.25, 0.3) is 0 Å². The molecule has 2 nitrogen and oxygen atoms in total. The summed E-state index contributed by atoms with van der Waals surface area (Å²) in [6, 6.07) is 44.8. The van der Waals surface area contributed by atoms with Gasteiger partial charge in [0.15, 0.2) is 0 Å². The number of hydrogen-bond donors (Lipinski definition) is 0. The fourth-order valence-corrected chi connectivity index (χ4v) is 10.2. The third-order valence-electron chi connectivity index (χ3n) is 10.7. The molecule has 0 N–H and O–H groups in total. The monoisotopic (exact) mass is 765 g/mol. The standard InChI is InChI=1S/C52H49N2S2/c1-35-28-36(2)30-43(29-35)52-39(20-22-41-31-48(37-14-9-7-10-15-37)55-50-33-44(53(3)4)24-26-46(41)50)18-13-19-40(52)21-23-42-32-49(38-16-11-8-12-17-38)56-51-34-45(54(5)6)25-27-47(42)51/h7-12,14-17,20-34H,13,18-19H2,1-6H3/q+1. The lowest BCUT2D eigenvalue weighted by Crippen LogP contribution is -2.09. The summed E-state index contributed by atoms with van der Waals surface area (Å²) in [6.07, 6.45) is 15.2. The number of rotatable bonds is 8. The Morgan fingerprint density at radius 2 is 1.30 bits per heavy atom. The fraction of sp³-hybridized carbons (Fsp3) is 0.173. The normalized spacial score (nSPS) is 15.8. The molecular weight excluding hydrogens is 717 g/mol. The van der Waals surface area contributed by atoms with E-state index < -0.39 is 0 Å². The number of nitrogens with zero attached hydrogens (tertiary/aromatic N) is 2. The molecule has 1 aliphatic carbocycles. The topological polar surface area (TPSA) is 6.48 Å². The predicted octanol–water partition coefficient (Wildman–Crippen LogP) is 14.4. The minimum absolute atomic E-state index is 1.04. The Hall–Kier alpha value is -5.42. The minimum Gasteiger partial charge on any atom is -0.378 e. The maximum Gasteiger partial charge on any atom is 0.241 e. The maximum absolute atomic E-state index is 2.42. The van der Waals surface area contributed by atoms with Crippen molar-refractivity contribution in [3.8, 4) is 10.4 Å². The van der Waals surface area contributed by atoms with Gasteiger partial charge in [-0.15, -0.1) is 0 Å². The molecule has 0 bridgehead atoms. The summed E-state index contributed by atoms with van der Waals surface area (Å²) in [6.45, 7) is 4.44. The minimum atomic E-state index is 1.04. The van der Waals surface area contributed by atoms with Gasteiger partial charge in [-0.3, -0.25) is 0 Å². The molecule has 1 aromatic heterocycles. The first-order valence-electron chi connectivity index (χ1n) is 19.5. The van der Waals surface area contributed by atoms with Crippen molar-refractivity contribution >= 4 is 66.7 Å². The van der Waals surface area contributed by atoms with E-state index in [4.69, 9.17) is 0 Å². The number of hydrogen-bond acceptors (Lipinski definition) is 3. The Balaban J connectivity index is 1.28. The Morgan fingerprint density at radius 1 is 0.625 bits per heavy atom. The Kier molecular flexibility index (Phi) is 11.0. The zero-order valence-corrected chi connectivity index (χ0v) is 34.9. The van der Waals surface area contributed by atoms with Crippen molar-refractivity contribution in [2.75, 3.05) is 38.0 Å². The van der Waals surface area contributed by atoms with Crippen LogP contribution in [0.5, 0.6) is 0 Å². The maximum atomic E-state index is 2.42. The third-order valence-corrected chi connectivity index (χ3v) is 13.0. The van der Waals surface area contributed by atoms with Crippen molar-refractivity contribution < 1.29 is 0 Å². The zero-order chi connectivity index (χ0) is 38.8. The molecule has 0 amide bonds. The predicted molar refractivity (Wildman–Crippen MR) is 249 cm³/mol. The lowest BCUT2D eigenvalue weighted by Gasteiger charge is -2.24. The average Bonchev–Trinajstić information content (AvgIpc) is 3.21. The molecule has 56 heavy (non-hydrogen) atoms. The molecule has 0 unspecified atom stereocenters. The molecule has 0 saturated heterocycles. The van der Waals surface area contributed by atoms with E-state index in [1.165, 1.54) is 97.4 Å². The van der Waals surface area contributed by atoms with Crippen molar-refractivity contribution in [1.82, 2.24) is 0 Å². The molecular formula is C52H49N2S2+. The smallest absolute Gasteiger partial charge is 0.241 e. The van der Waals surface area contributed by atoms with Gasteiger partial charge in [0.2, 0.25) is 20.9 Å². The summed E-state index contributed by atoms with van der Waals surface area (Å²) in [5.41, 5.74) is 16.8. The highest BCUT2D eigenvalue weighted by atomic mass is 32.2. The molecule has 0 atom stereocenters. The lowest BCUT2D eigenvalue weighted by molar-refractivity contribution is 0.806. The van der Waals surface area contributed by atoms with Crippen molar-refractivity contribution in [1.29, 1.82) is 0 Å². The highest BCUT2D eigenvalue weighted by molar-refractivity contribution is 8.08. The van der Waals surface area contributed by atoms with Crippen LogP contribution < -0.4 is 9.80 Å². The van der Waals surface area contributed by atoms with Crippen LogP contribution in [0, 0.1) is 13.8 Å². The van der Waals surface area contributed by atoms with Gasteiger partial charge in [-0.25, -0.2) is 0 Å². The van der Waals surface area contributed by atoms with E-state index in [1.54, 1.807) is 0 Å². The molecule has 0 radical (unpaired) electrons. The molecule has 1 aliphatic heterocycles.